The summed E-state index contributed by atoms with van der Waals surface area (Å²) in [7, 11) is 3.70. The molecule has 17 heavy (non-hydrogen) atoms. The van der Waals surface area contributed by atoms with Gasteiger partial charge >= 0.3 is 5.97 Å². The Labute approximate surface area is 101 Å². The molecule has 5 nitrogen and oxygen atoms in total. The number of benzene rings is 1. The third-order valence-corrected chi connectivity index (χ3v) is 2.20. The summed E-state index contributed by atoms with van der Waals surface area (Å²) in [5, 5.41) is 0. The van der Waals surface area contributed by atoms with Gasteiger partial charge in [-0.15, -0.1) is 0 Å². The molecular formula is C12H18N2O3. The van der Waals surface area contributed by atoms with Gasteiger partial charge < -0.3 is 20.1 Å². The third-order valence-electron chi connectivity index (χ3n) is 2.20. The molecule has 0 aromatic heterocycles. The average molecular weight is 238 g/mol. The van der Waals surface area contributed by atoms with Crippen LogP contribution in [-0.2, 0) is 9.47 Å². The number of carbonyl (C=O) groups is 1. The summed E-state index contributed by atoms with van der Waals surface area (Å²) < 4.78 is 9.94. The van der Waals surface area contributed by atoms with Gasteiger partial charge in [-0.05, 0) is 25.1 Å². The highest BCUT2D eigenvalue weighted by Gasteiger charge is 2.14. The maximum Gasteiger partial charge on any atom is 0.342 e. The molecule has 94 valence electrons. The van der Waals surface area contributed by atoms with Crippen molar-refractivity contribution in [3.05, 3.63) is 23.8 Å². The van der Waals surface area contributed by atoms with E-state index in [-0.39, 0.29) is 6.79 Å². The number of nitrogens with zero attached hydrogens (tertiary/aromatic N) is 1. The minimum absolute atomic E-state index is 0.0446. The fraction of sp³-hybridized carbons (Fsp3) is 0.417. The van der Waals surface area contributed by atoms with Gasteiger partial charge in [0.15, 0.2) is 6.79 Å². The minimum atomic E-state index is -0.436. The molecule has 2 N–H and O–H groups in total. The highest BCUT2D eigenvalue weighted by atomic mass is 16.7. The lowest BCUT2D eigenvalue weighted by Crippen LogP contribution is -2.16. The number of rotatable bonds is 5. The van der Waals surface area contributed by atoms with Crippen LogP contribution in [0.2, 0.25) is 0 Å². The smallest absolute Gasteiger partial charge is 0.342 e. The van der Waals surface area contributed by atoms with E-state index in [2.05, 4.69) is 0 Å². The number of nitrogens with two attached hydrogens (primary N) is 1. The van der Waals surface area contributed by atoms with Gasteiger partial charge in [0.25, 0.3) is 0 Å². The van der Waals surface area contributed by atoms with E-state index in [1.165, 1.54) is 0 Å². The molecule has 0 atom stereocenters. The van der Waals surface area contributed by atoms with Gasteiger partial charge in [0.2, 0.25) is 0 Å². The van der Waals surface area contributed by atoms with Crippen LogP contribution in [0.3, 0.4) is 0 Å². The van der Waals surface area contributed by atoms with E-state index in [1.54, 1.807) is 18.2 Å². The number of anilines is 2. The van der Waals surface area contributed by atoms with E-state index >= 15 is 0 Å². The van der Waals surface area contributed by atoms with Crippen LogP contribution < -0.4 is 10.6 Å². The Morgan fingerprint density at radius 2 is 2.12 bits per heavy atom. The molecule has 0 radical (unpaired) electrons. The monoisotopic (exact) mass is 238 g/mol. The summed E-state index contributed by atoms with van der Waals surface area (Å²) >= 11 is 0. The van der Waals surface area contributed by atoms with Gasteiger partial charge in [0.1, 0.15) is 0 Å². The first-order valence-electron chi connectivity index (χ1n) is 5.38. The van der Waals surface area contributed by atoms with Crippen molar-refractivity contribution >= 4 is 17.3 Å². The van der Waals surface area contributed by atoms with Crippen molar-refractivity contribution < 1.29 is 14.3 Å². The molecule has 0 aliphatic carbocycles. The summed E-state index contributed by atoms with van der Waals surface area (Å²) in [6.45, 7) is 2.29. The highest BCUT2D eigenvalue weighted by Crippen LogP contribution is 2.22. The summed E-state index contributed by atoms with van der Waals surface area (Å²) in [6, 6.07) is 5.13. The zero-order chi connectivity index (χ0) is 12.8. The van der Waals surface area contributed by atoms with E-state index in [0.29, 0.717) is 17.9 Å². The molecule has 0 spiro atoms. The Morgan fingerprint density at radius 3 is 2.71 bits per heavy atom. The molecule has 1 aromatic carbocycles. The van der Waals surface area contributed by atoms with Crippen molar-refractivity contribution in [1.29, 1.82) is 0 Å². The van der Waals surface area contributed by atoms with E-state index in [1.807, 2.05) is 25.9 Å². The van der Waals surface area contributed by atoms with Gasteiger partial charge in [0.05, 0.1) is 11.3 Å². The van der Waals surface area contributed by atoms with Gasteiger partial charge in [-0.3, -0.25) is 0 Å². The van der Waals surface area contributed by atoms with Crippen LogP contribution in [0, 0.1) is 0 Å². The SMILES string of the molecule is CCOCOC(=O)c1cc(N)ccc1N(C)C. The fourth-order valence-electron chi connectivity index (χ4n) is 1.36. The zero-order valence-electron chi connectivity index (χ0n) is 10.4. The van der Waals surface area contributed by atoms with Crippen molar-refractivity contribution in [3.63, 3.8) is 0 Å². The van der Waals surface area contributed by atoms with Crippen LogP contribution >= 0.6 is 0 Å². The van der Waals surface area contributed by atoms with Crippen LogP contribution in [0.5, 0.6) is 0 Å². The van der Waals surface area contributed by atoms with Gasteiger partial charge in [-0.25, -0.2) is 4.79 Å². The zero-order valence-corrected chi connectivity index (χ0v) is 10.4. The Hall–Kier alpha value is -1.75. The van der Waals surface area contributed by atoms with Crippen LogP contribution in [0.4, 0.5) is 11.4 Å². The fourth-order valence-corrected chi connectivity index (χ4v) is 1.36. The van der Waals surface area contributed by atoms with Crippen LogP contribution in [0.25, 0.3) is 0 Å². The number of nitrogen functional groups attached to an aromatic ring is 1. The van der Waals surface area contributed by atoms with Crippen molar-refractivity contribution in [3.8, 4) is 0 Å². The molecule has 5 heteroatoms. The second-order valence-corrected chi connectivity index (χ2v) is 3.71. The third kappa shape index (κ3) is 3.64. The van der Waals surface area contributed by atoms with Crippen LogP contribution in [0.15, 0.2) is 18.2 Å². The first-order valence-corrected chi connectivity index (χ1v) is 5.38. The summed E-state index contributed by atoms with van der Waals surface area (Å²) in [4.78, 5) is 13.6. The molecule has 0 aliphatic rings. The number of hydrogen-bond acceptors (Lipinski definition) is 5. The number of hydrogen-bond donors (Lipinski definition) is 1. The molecule has 0 saturated heterocycles. The maximum absolute atomic E-state index is 11.8. The highest BCUT2D eigenvalue weighted by molar-refractivity contribution is 5.96. The van der Waals surface area contributed by atoms with Crippen molar-refractivity contribution in [2.75, 3.05) is 38.1 Å². The van der Waals surface area contributed by atoms with Crippen LogP contribution in [-0.4, -0.2) is 33.5 Å². The second kappa shape index (κ2) is 6.10. The average Bonchev–Trinajstić information content (AvgIpc) is 2.28. The number of ether oxygens (including phenoxy) is 2. The molecule has 0 amide bonds. The number of esters is 1. The van der Waals surface area contributed by atoms with E-state index in [9.17, 15) is 4.79 Å². The molecular weight excluding hydrogens is 220 g/mol. The number of carbonyl (C=O) groups excluding carboxylic acids is 1. The molecule has 0 bridgehead atoms. The van der Waals surface area contributed by atoms with E-state index in [0.717, 1.165) is 5.69 Å². The van der Waals surface area contributed by atoms with Crippen molar-refractivity contribution in [2.45, 2.75) is 6.92 Å². The minimum Gasteiger partial charge on any atom is -0.435 e. The first-order chi connectivity index (χ1) is 8.06. The summed E-state index contributed by atoms with van der Waals surface area (Å²) in [5.74, 6) is -0.436. The Balaban J connectivity index is 2.87. The van der Waals surface area contributed by atoms with E-state index < -0.39 is 5.97 Å². The molecule has 1 rings (SSSR count). The summed E-state index contributed by atoms with van der Waals surface area (Å²) in [6.07, 6.45) is 0. The molecule has 0 heterocycles. The van der Waals surface area contributed by atoms with Gasteiger partial charge in [0, 0.05) is 26.4 Å². The largest absolute Gasteiger partial charge is 0.435 e. The maximum atomic E-state index is 11.8. The molecule has 0 aliphatic heterocycles. The Kier molecular flexibility index (Phi) is 4.78. The standard InChI is InChI=1S/C12H18N2O3/c1-4-16-8-17-12(15)10-7-9(13)5-6-11(10)14(2)3/h5-7H,4,8,13H2,1-3H3. The Bertz CT molecular complexity index is 391. The normalized spacial score (nSPS) is 10.1. The van der Waals surface area contributed by atoms with Gasteiger partial charge in [-0.1, -0.05) is 0 Å². The van der Waals surface area contributed by atoms with Gasteiger partial charge in [-0.2, -0.15) is 0 Å². The van der Waals surface area contributed by atoms with Crippen LogP contribution in [0.1, 0.15) is 17.3 Å². The van der Waals surface area contributed by atoms with Crippen molar-refractivity contribution in [1.82, 2.24) is 0 Å². The lowest BCUT2D eigenvalue weighted by atomic mass is 10.1. The molecule has 0 saturated carbocycles. The Morgan fingerprint density at radius 1 is 1.41 bits per heavy atom. The predicted molar refractivity (Wildman–Crippen MR) is 67.1 cm³/mol. The predicted octanol–water partition coefficient (Wildman–Crippen LogP) is 1.49. The lowest BCUT2D eigenvalue weighted by Gasteiger charge is -2.17. The second-order valence-electron chi connectivity index (χ2n) is 3.71. The lowest BCUT2D eigenvalue weighted by molar-refractivity contribution is -0.0273. The summed E-state index contributed by atoms with van der Waals surface area (Å²) in [5.41, 5.74) is 7.39. The van der Waals surface area contributed by atoms with Crippen molar-refractivity contribution in [2.24, 2.45) is 0 Å². The quantitative estimate of drug-likeness (QED) is 0.364. The van der Waals surface area contributed by atoms with E-state index in [4.69, 9.17) is 15.2 Å². The molecule has 0 fully saturated rings. The topological polar surface area (TPSA) is 64.8 Å². The molecule has 1 aromatic rings. The molecule has 0 unspecified atom stereocenters. The first kappa shape index (κ1) is 13.3.